The highest BCUT2D eigenvalue weighted by Gasteiger charge is 2.26. The van der Waals surface area contributed by atoms with E-state index in [1.54, 1.807) is 12.1 Å². The van der Waals surface area contributed by atoms with Crippen molar-refractivity contribution in [3.8, 4) is 5.75 Å². The number of phenolic OH excluding ortho intramolecular Hbond substituents is 1. The first-order valence-corrected chi connectivity index (χ1v) is 7.84. The second-order valence-electron chi connectivity index (χ2n) is 6.08. The molecule has 0 saturated heterocycles. The van der Waals surface area contributed by atoms with Crippen LogP contribution in [0.2, 0.25) is 0 Å². The molecule has 0 bridgehead atoms. The first-order valence-electron chi connectivity index (χ1n) is 7.84. The highest BCUT2D eigenvalue weighted by atomic mass is 16.3. The molecule has 0 radical (unpaired) electrons. The van der Waals surface area contributed by atoms with E-state index in [0.717, 1.165) is 5.92 Å². The minimum absolute atomic E-state index is 0.183. The monoisotopic (exact) mass is 281 g/mol. The molecular weight excluding hydrogens is 258 g/mol. The summed E-state index contributed by atoms with van der Waals surface area (Å²) in [4.78, 5) is 0. The Labute approximate surface area is 126 Å². The van der Waals surface area contributed by atoms with Gasteiger partial charge in [-0.1, -0.05) is 48.9 Å². The highest BCUT2D eigenvalue weighted by molar-refractivity contribution is 5.35. The Balaban J connectivity index is 1.85. The zero-order valence-corrected chi connectivity index (χ0v) is 12.5. The van der Waals surface area contributed by atoms with E-state index in [4.69, 9.17) is 0 Å². The van der Waals surface area contributed by atoms with Crippen LogP contribution in [0.1, 0.15) is 43.4 Å². The summed E-state index contributed by atoms with van der Waals surface area (Å²) >= 11 is 0. The first-order chi connectivity index (χ1) is 10.2. The molecule has 21 heavy (non-hydrogen) atoms. The van der Waals surface area contributed by atoms with E-state index in [1.165, 1.54) is 30.4 Å². The highest BCUT2D eigenvalue weighted by Crippen LogP contribution is 2.32. The quantitative estimate of drug-likeness (QED) is 0.858. The minimum atomic E-state index is 0.183. The molecule has 2 unspecified atom stereocenters. The van der Waals surface area contributed by atoms with Crippen LogP contribution in [0.4, 0.5) is 0 Å². The molecule has 0 amide bonds. The average Bonchev–Trinajstić information content (AvgIpc) is 2.45. The second kappa shape index (κ2) is 6.31. The van der Waals surface area contributed by atoms with Gasteiger partial charge in [-0.05, 0) is 48.9 Å². The van der Waals surface area contributed by atoms with Gasteiger partial charge < -0.3 is 10.4 Å². The molecule has 2 aromatic rings. The summed E-state index contributed by atoms with van der Waals surface area (Å²) in [6, 6.07) is 18.8. The summed E-state index contributed by atoms with van der Waals surface area (Å²) in [7, 11) is 0. The normalized spacial score (nSPS) is 18.0. The van der Waals surface area contributed by atoms with Crippen molar-refractivity contribution >= 4 is 0 Å². The fourth-order valence-electron chi connectivity index (χ4n) is 3.04. The molecule has 0 aromatic heterocycles. The fraction of sp³-hybridized carbons (Fsp3) is 0.368. The molecule has 2 aromatic carbocycles. The molecule has 1 fully saturated rings. The van der Waals surface area contributed by atoms with Crippen LogP contribution in [0.25, 0.3) is 0 Å². The van der Waals surface area contributed by atoms with Gasteiger partial charge in [-0.15, -0.1) is 0 Å². The van der Waals surface area contributed by atoms with Gasteiger partial charge in [0.15, 0.2) is 0 Å². The number of nitrogens with one attached hydrogen (secondary N) is 1. The molecule has 2 nitrogen and oxygen atoms in total. The first kappa shape index (κ1) is 14.2. The Morgan fingerprint density at radius 1 is 0.952 bits per heavy atom. The number of hydrogen-bond donors (Lipinski definition) is 2. The Hall–Kier alpha value is -1.80. The summed E-state index contributed by atoms with van der Waals surface area (Å²) in [5.74, 6) is 1.12. The van der Waals surface area contributed by atoms with Crippen molar-refractivity contribution in [1.29, 1.82) is 0 Å². The van der Waals surface area contributed by atoms with Crippen molar-refractivity contribution in [2.45, 2.75) is 38.3 Å². The molecule has 2 heteroatoms. The number of rotatable bonds is 5. The number of phenols is 1. The number of aromatic hydroxyl groups is 1. The van der Waals surface area contributed by atoms with E-state index < -0.39 is 0 Å². The van der Waals surface area contributed by atoms with Crippen molar-refractivity contribution < 1.29 is 5.11 Å². The topological polar surface area (TPSA) is 32.3 Å². The van der Waals surface area contributed by atoms with Crippen LogP contribution in [0.3, 0.4) is 0 Å². The number of benzene rings is 2. The predicted molar refractivity (Wildman–Crippen MR) is 86.3 cm³/mol. The van der Waals surface area contributed by atoms with Crippen molar-refractivity contribution in [2.75, 3.05) is 0 Å². The third-order valence-corrected chi connectivity index (χ3v) is 4.65. The lowest BCUT2D eigenvalue weighted by molar-refractivity contribution is 0.233. The van der Waals surface area contributed by atoms with E-state index in [2.05, 4.69) is 36.5 Å². The minimum Gasteiger partial charge on any atom is -0.508 e. The lowest BCUT2D eigenvalue weighted by Crippen LogP contribution is -2.39. The van der Waals surface area contributed by atoms with Crippen molar-refractivity contribution in [2.24, 2.45) is 5.92 Å². The van der Waals surface area contributed by atoms with Gasteiger partial charge in [0.2, 0.25) is 0 Å². The molecular formula is C19H23NO. The van der Waals surface area contributed by atoms with Crippen LogP contribution in [0.15, 0.2) is 54.6 Å². The maximum atomic E-state index is 9.51. The molecule has 2 atom stereocenters. The van der Waals surface area contributed by atoms with Gasteiger partial charge in [0.25, 0.3) is 0 Å². The van der Waals surface area contributed by atoms with Crippen molar-refractivity contribution in [3.63, 3.8) is 0 Å². The summed E-state index contributed by atoms with van der Waals surface area (Å²) in [5.41, 5.74) is 2.47. The largest absolute Gasteiger partial charge is 0.508 e. The summed E-state index contributed by atoms with van der Waals surface area (Å²) < 4.78 is 0. The van der Waals surface area contributed by atoms with Gasteiger partial charge in [0.1, 0.15) is 5.75 Å². The smallest absolute Gasteiger partial charge is 0.115 e. The van der Waals surface area contributed by atoms with E-state index in [1.807, 2.05) is 18.2 Å². The SMILES string of the molecule is CC(NC(c1ccccc1)c1ccc(O)cc1)C1CCC1. The Morgan fingerprint density at radius 2 is 1.57 bits per heavy atom. The van der Waals surface area contributed by atoms with Crippen LogP contribution in [-0.2, 0) is 0 Å². The molecule has 1 aliphatic rings. The summed E-state index contributed by atoms with van der Waals surface area (Å²) in [5, 5.41) is 13.3. The Bertz CT molecular complexity index is 560. The predicted octanol–water partition coefficient (Wildman–Crippen LogP) is 4.26. The van der Waals surface area contributed by atoms with Crippen molar-refractivity contribution in [3.05, 3.63) is 65.7 Å². The maximum absolute atomic E-state index is 9.51. The second-order valence-corrected chi connectivity index (χ2v) is 6.08. The Morgan fingerprint density at radius 3 is 2.14 bits per heavy atom. The zero-order valence-electron chi connectivity index (χ0n) is 12.5. The average molecular weight is 281 g/mol. The van der Waals surface area contributed by atoms with E-state index >= 15 is 0 Å². The lowest BCUT2D eigenvalue weighted by Gasteiger charge is -2.35. The van der Waals surface area contributed by atoms with E-state index in [-0.39, 0.29) is 6.04 Å². The summed E-state index contributed by atoms with van der Waals surface area (Å²) in [6.45, 7) is 2.29. The lowest BCUT2D eigenvalue weighted by atomic mass is 9.80. The van der Waals surface area contributed by atoms with E-state index in [9.17, 15) is 5.11 Å². The van der Waals surface area contributed by atoms with Gasteiger partial charge in [-0.3, -0.25) is 0 Å². The molecule has 2 N–H and O–H groups in total. The fourth-order valence-corrected chi connectivity index (χ4v) is 3.04. The standard InChI is InChI=1S/C19H23NO/c1-14(15-8-5-9-15)20-19(16-6-3-2-4-7-16)17-10-12-18(21)13-11-17/h2-4,6-7,10-15,19-21H,5,8-9H2,1H3. The summed E-state index contributed by atoms with van der Waals surface area (Å²) in [6.07, 6.45) is 4.04. The van der Waals surface area contributed by atoms with Crippen LogP contribution in [0.5, 0.6) is 5.75 Å². The number of hydrogen-bond acceptors (Lipinski definition) is 2. The van der Waals surface area contributed by atoms with Gasteiger partial charge in [0.05, 0.1) is 6.04 Å². The third-order valence-electron chi connectivity index (χ3n) is 4.65. The third kappa shape index (κ3) is 3.27. The Kier molecular flexibility index (Phi) is 4.26. The van der Waals surface area contributed by atoms with Gasteiger partial charge in [0, 0.05) is 6.04 Å². The van der Waals surface area contributed by atoms with Crippen LogP contribution in [-0.4, -0.2) is 11.1 Å². The molecule has 1 aliphatic carbocycles. The molecule has 0 heterocycles. The zero-order chi connectivity index (χ0) is 14.7. The molecule has 110 valence electrons. The van der Waals surface area contributed by atoms with Crippen molar-refractivity contribution in [1.82, 2.24) is 5.32 Å². The van der Waals surface area contributed by atoms with Crippen LogP contribution < -0.4 is 5.32 Å². The maximum Gasteiger partial charge on any atom is 0.115 e. The van der Waals surface area contributed by atoms with E-state index in [0.29, 0.717) is 11.8 Å². The van der Waals surface area contributed by atoms with Crippen LogP contribution in [0, 0.1) is 5.92 Å². The molecule has 0 aliphatic heterocycles. The van der Waals surface area contributed by atoms with Gasteiger partial charge in [-0.25, -0.2) is 0 Å². The van der Waals surface area contributed by atoms with Gasteiger partial charge in [-0.2, -0.15) is 0 Å². The van der Waals surface area contributed by atoms with Gasteiger partial charge >= 0.3 is 0 Å². The molecule has 3 rings (SSSR count). The van der Waals surface area contributed by atoms with Crippen LogP contribution >= 0.6 is 0 Å². The molecule has 0 spiro atoms. The molecule has 1 saturated carbocycles.